The first-order valence-electron chi connectivity index (χ1n) is 11.7. The fourth-order valence-corrected chi connectivity index (χ4v) is 6.89. The van der Waals surface area contributed by atoms with E-state index in [0.717, 1.165) is 26.9 Å². The molecule has 0 bridgehead atoms. The molecule has 5 aromatic rings. The van der Waals surface area contributed by atoms with Crippen LogP contribution in [0.4, 0.5) is 5.82 Å². The minimum Gasteiger partial charge on any atom is -0.393 e. The van der Waals surface area contributed by atoms with Crippen LogP contribution in [-0.2, 0) is 23.5 Å². The summed E-state index contributed by atoms with van der Waals surface area (Å²) in [6.07, 6.45) is 4.46. The maximum Gasteiger partial charge on any atom is 0.244 e. The Balaban J connectivity index is 1.64. The number of aromatic nitrogens is 4. The normalized spacial score (nSPS) is 13.6. The molecule has 2 atom stereocenters. The molecule has 0 spiro atoms. The highest BCUT2D eigenvalue weighted by molar-refractivity contribution is 7.89. The Morgan fingerprint density at radius 2 is 2.03 bits per heavy atom. The average Bonchev–Trinajstić information content (AvgIpc) is 3.50. The molecule has 0 fully saturated rings. The van der Waals surface area contributed by atoms with E-state index in [-0.39, 0.29) is 15.7 Å². The minimum absolute atomic E-state index is 0.0194. The highest BCUT2D eigenvalue weighted by Gasteiger charge is 2.29. The number of nitrogens with two attached hydrogens (primary N) is 1. The topological polar surface area (TPSA) is 136 Å². The molecule has 4 N–H and O–H groups in total. The third-order valence-electron chi connectivity index (χ3n) is 5.91. The molecule has 0 radical (unpaired) electrons. The van der Waals surface area contributed by atoms with Crippen LogP contribution in [0.5, 0.6) is 0 Å². The fraction of sp³-hybridized carbons (Fsp3) is 0.192. The van der Waals surface area contributed by atoms with E-state index in [1.807, 2.05) is 36.4 Å². The molecule has 0 saturated carbocycles. The number of aryl methyl sites for hydroxylation is 1. The largest absolute Gasteiger partial charge is 0.393 e. The number of aliphatic hydroxyl groups excluding tert-OH is 1. The number of hydrogen-bond acceptors (Lipinski definition) is 8. The predicted octanol–water partition coefficient (Wildman–Crippen LogP) is 4.32. The van der Waals surface area contributed by atoms with E-state index in [9.17, 15) is 13.5 Å². The van der Waals surface area contributed by atoms with Crippen LogP contribution in [0.3, 0.4) is 0 Å². The molecule has 5 rings (SSSR count). The molecule has 4 heterocycles. The molecule has 9 nitrogen and oxygen atoms in total. The lowest BCUT2D eigenvalue weighted by molar-refractivity contribution is 0.195. The Kier molecular flexibility index (Phi) is 7.21. The Morgan fingerprint density at radius 3 is 2.76 bits per heavy atom. The van der Waals surface area contributed by atoms with E-state index in [1.54, 1.807) is 32.3 Å². The standard InChI is InChI=1S/C26H25ClN6O3S2/c1-15(34)10-16-8-9-29-21(11-16)19-5-3-4-17-12-22(37-26(17)19)25(24-20(27)6-7-23(28)31-24)32-38(35,36)18-13-30-33(2)14-18/h3-9,11-15,25,32,34H,10H2,1-2H3,(H2,28,31). The number of benzene rings is 1. The molecule has 1 aromatic carbocycles. The summed E-state index contributed by atoms with van der Waals surface area (Å²) in [5, 5.41) is 15.0. The van der Waals surface area contributed by atoms with Gasteiger partial charge in [0.1, 0.15) is 10.7 Å². The Labute approximate surface area is 229 Å². The monoisotopic (exact) mass is 568 g/mol. The fourth-order valence-electron chi connectivity index (χ4n) is 4.20. The van der Waals surface area contributed by atoms with Gasteiger partial charge in [0.05, 0.1) is 34.8 Å². The van der Waals surface area contributed by atoms with E-state index in [4.69, 9.17) is 17.3 Å². The molecule has 0 aliphatic rings. The van der Waals surface area contributed by atoms with Gasteiger partial charge in [0, 0.05) is 34.6 Å². The number of pyridine rings is 2. The first-order valence-corrected chi connectivity index (χ1v) is 14.4. The van der Waals surface area contributed by atoms with Crippen molar-refractivity contribution in [3.63, 3.8) is 0 Å². The van der Waals surface area contributed by atoms with Gasteiger partial charge in [-0.05, 0) is 54.6 Å². The highest BCUT2D eigenvalue weighted by Crippen LogP contribution is 2.40. The van der Waals surface area contributed by atoms with Gasteiger partial charge in [0.2, 0.25) is 10.0 Å². The van der Waals surface area contributed by atoms with Crippen molar-refractivity contribution >= 4 is 48.9 Å². The first kappa shape index (κ1) is 26.3. The second-order valence-corrected chi connectivity index (χ2v) is 12.2. The maximum atomic E-state index is 13.3. The van der Waals surface area contributed by atoms with Gasteiger partial charge >= 0.3 is 0 Å². The second-order valence-electron chi connectivity index (χ2n) is 8.98. The third kappa shape index (κ3) is 5.42. The summed E-state index contributed by atoms with van der Waals surface area (Å²) in [6, 6.07) is 13.9. The number of hydrogen-bond donors (Lipinski definition) is 3. The lowest BCUT2D eigenvalue weighted by atomic mass is 10.0. The van der Waals surface area contributed by atoms with Crippen molar-refractivity contribution in [3.05, 3.63) is 88.3 Å². The van der Waals surface area contributed by atoms with E-state index < -0.39 is 22.2 Å². The summed E-state index contributed by atoms with van der Waals surface area (Å²) in [4.78, 5) is 9.65. The molecule has 12 heteroatoms. The van der Waals surface area contributed by atoms with E-state index in [1.165, 1.54) is 28.4 Å². The van der Waals surface area contributed by atoms with Gasteiger partial charge < -0.3 is 10.8 Å². The molecule has 4 aromatic heterocycles. The first-order chi connectivity index (χ1) is 18.1. The molecule has 0 aliphatic carbocycles. The number of thiophene rings is 1. The number of anilines is 1. The third-order valence-corrected chi connectivity index (χ3v) is 8.86. The molecule has 2 unspecified atom stereocenters. The quantitative estimate of drug-likeness (QED) is 0.253. The van der Waals surface area contributed by atoms with Crippen LogP contribution in [0.2, 0.25) is 5.02 Å². The second kappa shape index (κ2) is 10.4. The van der Waals surface area contributed by atoms with Gasteiger partial charge in [-0.2, -0.15) is 9.82 Å². The van der Waals surface area contributed by atoms with Crippen LogP contribution < -0.4 is 10.5 Å². The number of nitrogens with one attached hydrogen (secondary N) is 1. The van der Waals surface area contributed by atoms with Crippen LogP contribution in [0.25, 0.3) is 21.3 Å². The predicted molar refractivity (Wildman–Crippen MR) is 149 cm³/mol. The van der Waals surface area contributed by atoms with Gasteiger partial charge in [0.15, 0.2) is 0 Å². The summed E-state index contributed by atoms with van der Waals surface area (Å²) < 4.78 is 31.8. The van der Waals surface area contributed by atoms with Crippen LogP contribution in [0.1, 0.15) is 29.1 Å². The van der Waals surface area contributed by atoms with Gasteiger partial charge in [-0.25, -0.2) is 13.4 Å². The van der Waals surface area contributed by atoms with Crippen molar-refractivity contribution in [2.45, 2.75) is 30.4 Å². The average molecular weight is 569 g/mol. The van der Waals surface area contributed by atoms with Crippen molar-refractivity contribution in [3.8, 4) is 11.3 Å². The van der Waals surface area contributed by atoms with E-state index in [2.05, 4.69) is 19.8 Å². The van der Waals surface area contributed by atoms with Gasteiger partial charge in [0.25, 0.3) is 0 Å². The Bertz CT molecular complexity index is 1730. The SMILES string of the molecule is CC(O)Cc1ccnc(-c2cccc3cc(C(NS(=O)(=O)c4cnn(C)c4)c4nc(N)ccc4Cl)sc23)c1. The number of sulfonamides is 1. The number of rotatable bonds is 8. The van der Waals surface area contributed by atoms with Crippen LogP contribution >= 0.6 is 22.9 Å². The van der Waals surface area contributed by atoms with Gasteiger partial charge in [-0.15, -0.1) is 11.3 Å². The lowest BCUT2D eigenvalue weighted by Crippen LogP contribution is -2.29. The number of nitrogen functional groups attached to an aromatic ring is 1. The van der Waals surface area contributed by atoms with E-state index in [0.29, 0.717) is 17.0 Å². The van der Waals surface area contributed by atoms with Crippen molar-refractivity contribution in [2.75, 3.05) is 5.73 Å². The van der Waals surface area contributed by atoms with E-state index >= 15 is 0 Å². The summed E-state index contributed by atoms with van der Waals surface area (Å²) >= 11 is 7.93. The maximum absolute atomic E-state index is 13.3. The number of aliphatic hydroxyl groups is 1. The number of fused-ring (bicyclic) bond motifs is 1. The van der Waals surface area contributed by atoms with Crippen LogP contribution in [-0.4, -0.2) is 39.4 Å². The highest BCUT2D eigenvalue weighted by atomic mass is 35.5. The lowest BCUT2D eigenvalue weighted by Gasteiger charge is -2.18. The summed E-state index contributed by atoms with van der Waals surface area (Å²) in [7, 11) is -2.34. The zero-order chi connectivity index (χ0) is 27.0. The summed E-state index contributed by atoms with van der Waals surface area (Å²) in [5.41, 5.74) is 8.88. The van der Waals surface area contributed by atoms with Crippen molar-refractivity contribution in [2.24, 2.45) is 7.05 Å². The molecule has 0 amide bonds. The summed E-state index contributed by atoms with van der Waals surface area (Å²) in [6.45, 7) is 1.74. The number of nitrogens with zero attached hydrogens (tertiary/aromatic N) is 4. The smallest absolute Gasteiger partial charge is 0.244 e. The Morgan fingerprint density at radius 1 is 1.21 bits per heavy atom. The zero-order valence-corrected chi connectivity index (χ0v) is 22.9. The van der Waals surface area contributed by atoms with Gasteiger partial charge in [-0.3, -0.25) is 9.67 Å². The van der Waals surface area contributed by atoms with Gasteiger partial charge in [-0.1, -0.05) is 29.8 Å². The molecule has 0 aliphatic heterocycles. The van der Waals surface area contributed by atoms with Crippen LogP contribution in [0, 0.1) is 0 Å². The van der Waals surface area contributed by atoms with Crippen molar-refractivity contribution in [1.82, 2.24) is 24.5 Å². The van der Waals surface area contributed by atoms with Crippen molar-refractivity contribution in [1.29, 1.82) is 0 Å². The molecule has 38 heavy (non-hydrogen) atoms. The zero-order valence-electron chi connectivity index (χ0n) is 20.5. The Hall–Kier alpha value is -3.35. The molecule has 0 saturated heterocycles. The summed E-state index contributed by atoms with van der Waals surface area (Å²) in [5.74, 6) is 0.218. The van der Waals surface area contributed by atoms with Crippen molar-refractivity contribution < 1.29 is 13.5 Å². The molecular weight excluding hydrogens is 544 g/mol. The number of halogens is 1. The molecule has 196 valence electrons. The van der Waals surface area contributed by atoms with Crippen LogP contribution in [0.15, 0.2) is 72.0 Å². The minimum atomic E-state index is -3.98. The molecular formula is C26H25ClN6O3S2.